The highest BCUT2D eigenvalue weighted by molar-refractivity contribution is 5.86. The van der Waals surface area contributed by atoms with Crippen molar-refractivity contribution in [1.29, 1.82) is 0 Å². The molecule has 216 valence electrons. The Labute approximate surface area is 249 Å². The summed E-state index contributed by atoms with van der Waals surface area (Å²) in [5.74, 6) is 2.30. The summed E-state index contributed by atoms with van der Waals surface area (Å²) in [6.07, 6.45) is 16.5. The van der Waals surface area contributed by atoms with Crippen LogP contribution in [0.5, 0.6) is 5.75 Å². The fraction of sp³-hybridized carbons (Fsp3) is 0.500. The van der Waals surface area contributed by atoms with E-state index in [2.05, 4.69) is 53.6 Å². The van der Waals surface area contributed by atoms with Gasteiger partial charge in [-0.05, 0) is 144 Å². The number of rotatable bonds is 3. The van der Waals surface area contributed by atoms with Crippen molar-refractivity contribution in [3.05, 3.63) is 70.5 Å². The molecule has 9 rings (SSSR count). The predicted molar refractivity (Wildman–Crippen MR) is 170 cm³/mol. The molecule has 3 fully saturated rings. The smallest absolute Gasteiger partial charge is 0.124 e. The van der Waals surface area contributed by atoms with Crippen LogP contribution in [-0.2, 0) is 25.7 Å². The molecule has 4 nitrogen and oxygen atoms in total. The molecule has 4 aliphatic carbocycles. The van der Waals surface area contributed by atoms with E-state index >= 15 is 0 Å². The van der Waals surface area contributed by atoms with Crippen LogP contribution in [0.2, 0.25) is 0 Å². The van der Waals surface area contributed by atoms with E-state index in [-0.39, 0.29) is 0 Å². The number of phenolic OH excluding ortho intramolecular Hbond substituents is 1. The number of benzene rings is 3. The molecule has 42 heavy (non-hydrogen) atoms. The van der Waals surface area contributed by atoms with Gasteiger partial charge in [-0.2, -0.15) is 0 Å². The van der Waals surface area contributed by atoms with Gasteiger partial charge < -0.3 is 15.4 Å². The molecule has 2 unspecified atom stereocenters. The number of hydrogen-bond acceptors (Lipinski definition) is 3. The highest BCUT2D eigenvalue weighted by atomic mass is 16.3. The summed E-state index contributed by atoms with van der Waals surface area (Å²) in [6, 6.07) is 16.3. The zero-order valence-corrected chi connectivity index (χ0v) is 25.0. The van der Waals surface area contributed by atoms with Crippen molar-refractivity contribution >= 4 is 11.0 Å². The van der Waals surface area contributed by atoms with Crippen LogP contribution in [0.25, 0.3) is 33.3 Å². The molecule has 1 saturated heterocycles. The number of H-pyrrole nitrogens is 1. The molecule has 2 atom stereocenters. The summed E-state index contributed by atoms with van der Waals surface area (Å²) < 4.78 is 0. The maximum Gasteiger partial charge on any atom is 0.124 e. The first kappa shape index (κ1) is 25.4. The SMILES string of the molecule is CC1CNC(c2nc3ccc(-c4ccc(-c5ccc(O)c6c5CC5(CCCC5)C6)c5c4CC4(CCCC4)C5)cc3[nH]2)C1. The van der Waals surface area contributed by atoms with E-state index in [1.165, 1.54) is 97.6 Å². The Bertz CT molecular complexity index is 1720. The van der Waals surface area contributed by atoms with Crippen LogP contribution in [0, 0.1) is 16.7 Å². The zero-order chi connectivity index (χ0) is 28.1. The van der Waals surface area contributed by atoms with Gasteiger partial charge in [0.15, 0.2) is 0 Å². The lowest BCUT2D eigenvalue weighted by atomic mass is 9.82. The molecule has 1 aliphatic heterocycles. The van der Waals surface area contributed by atoms with Crippen LogP contribution in [0.3, 0.4) is 0 Å². The molecule has 4 aromatic rings. The fourth-order valence-electron chi connectivity index (χ4n) is 10.0. The van der Waals surface area contributed by atoms with Crippen molar-refractivity contribution < 1.29 is 5.11 Å². The largest absolute Gasteiger partial charge is 0.508 e. The lowest BCUT2D eigenvalue weighted by Crippen LogP contribution is -2.16. The number of aromatic nitrogens is 2. The second kappa shape index (κ2) is 9.19. The Hall–Kier alpha value is -3.11. The van der Waals surface area contributed by atoms with Gasteiger partial charge >= 0.3 is 0 Å². The molecule has 5 aliphatic rings. The van der Waals surface area contributed by atoms with Gasteiger partial charge in [0.05, 0.1) is 17.1 Å². The summed E-state index contributed by atoms with van der Waals surface area (Å²) in [4.78, 5) is 8.66. The molecule has 3 N–H and O–H groups in total. The molecule has 4 heteroatoms. The Morgan fingerprint density at radius 3 is 2.00 bits per heavy atom. The van der Waals surface area contributed by atoms with Gasteiger partial charge in [-0.1, -0.05) is 56.9 Å². The van der Waals surface area contributed by atoms with Crippen LogP contribution in [0.15, 0.2) is 42.5 Å². The van der Waals surface area contributed by atoms with E-state index in [0.29, 0.717) is 28.5 Å². The second-order valence-corrected chi connectivity index (χ2v) is 15.0. The van der Waals surface area contributed by atoms with E-state index in [4.69, 9.17) is 4.98 Å². The summed E-state index contributed by atoms with van der Waals surface area (Å²) in [5, 5.41) is 14.6. The second-order valence-electron chi connectivity index (χ2n) is 15.0. The Kier molecular flexibility index (Phi) is 5.56. The van der Waals surface area contributed by atoms with Crippen molar-refractivity contribution in [1.82, 2.24) is 15.3 Å². The van der Waals surface area contributed by atoms with Crippen molar-refractivity contribution in [3.8, 4) is 28.0 Å². The zero-order valence-electron chi connectivity index (χ0n) is 25.0. The number of imidazole rings is 1. The lowest BCUT2D eigenvalue weighted by molar-refractivity contribution is 0.315. The lowest BCUT2D eigenvalue weighted by Gasteiger charge is -2.22. The van der Waals surface area contributed by atoms with E-state index in [0.717, 1.165) is 42.7 Å². The molecule has 0 radical (unpaired) electrons. The molecule has 3 aromatic carbocycles. The molecular formula is C38H43N3O. The maximum atomic E-state index is 11.0. The summed E-state index contributed by atoms with van der Waals surface area (Å²) >= 11 is 0. The van der Waals surface area contributed by atoms with Gasteiger partial charge in [-0.25, -0.2) is 4.98 Å². The third-order valence-corrected chi connectivity index (χ3v) is 12.2. The first-order chi connectivity index (χ1) is 20.5. The van der Waals surface area contributed by atoms with Gasteiger partial charge in [-0.3, -0.25) is 0 Å². The van der Waals surface area contributed by atoms with Crippen LogP contribution in [0.4, 0.5) is 0 Å². The predicted octanol–water partition coefficient (Wildman–Crippen LogP) is 8.59. The normalized spacial score (nSPS) is 25.3. The van der Waals surface area contributed by atoms with Crippen LogP contribution in [-0.4, -0.2) is 21.6 Å². The van der Waals surface area contributed by atoms with Crippen molar-refractivity contribution in [2.75, 3.05) is 6.54 Å². The maximum absolute atomic E-state index is 11.0. The quantitative estimate of drug-likeness (QED) is 0.236. The van der Waals surface area contributed by atoms with E-state index in [9.17, 15) is 5.11 Å². The van der Waals surface area contributed by atoms with Crippen LogP contribution < -0.4 is 5.32 Å². The molecule has 0 amide bonds. The molecule has 0 bridgehead atoms. The van der Waals surface area contributed by atoms with Crippen LogP contribution in [0.1, 0.15) is 98.8 Å². The summed E-state index contributed by atoms with van der Waals surface area (Å²) in [6.45, 7) is 3.38. The van der Waals surface area contributed by atoms with Crippen molar-refractivity contribution in [2.24, 2.45) is 16.7 Å². The highest BCUT2D eigenvalue weighted by Crippen LogP contribution is 2.56. The molecule has 2 spiro atoms. The van der Waals surface area contributed by atoms with E-state index in [1.54, 1.807) is 11.1 Å². The molecular weight excluding hydrogens is 514 g/mol. The average Bonchev–Trinajstić information content (AvgIpc) is 3.83. The Morgan fingerprint density at radius 2 is 1.33 bits per heavy atom. The minimum atomic E-state index is 0.331. The number of fused-ring (bicyclic) bond motifs is 3. The number of aromatic hydroxyl groups is 1. The average molecular weight is 558 g/mol. The third-order valence-electron chi connectivity index (χ3n) is 12.2. The van der Waals surface area contributed by atoms with Gasteiger partial charge in [0.2, 0.25) is 0 Å². The van der Waals surface area contributed by atoms with E-state index in [1.807, 2.05) is 6.07 Å². The topological polar surface area (TPSA) is 60.9 Å². The van der Waals surface area contributed by atoms with Crippen LogP contribution >= 0.6 is 0 Å². The number of aromatic amines is 1. The molecule has 2 saturated carbocycles. The minimum absolute atomic E-state index is 0.331. The summed E-state index contributed by atoms with van der Waals surface area (Å²) in [5.41, 5.74) is 14.4. The van der Waals surface area contributed by atoms with Crippen molar-refractivity contribution in [2.45, 2.75) is 96.4 Å². The number of phenols is 1. The Balaban J connectivity index is 1.15. The standard InChI is InChI=1S/C38H43N3O/c1-23-16-34(39-22-23)36-40-32-10-6-24(17-33(32)41-36)25-7-8-26(29-19-37(18-28(25)29)12-2-3-13-37)27-9-11-35(42)31-21-38(20-30(27)31)14-4-5-15-38/h6-11,17,23,34,39,42H,2-5,12-16,18-22H2,1H3,(H,40,41). The van der Waals surface area contributed by atoms with Gasteiger partial charge in [0.25, 0.3) is 0 Å². The third kappa shape index (κ3) is 3.86. The highest BCUT2D eigenvalue weighted by Gasteiger charge is 2.44. The summed E-state index contributed by atoms with van der Waals surface area (Å²) in [7, 11) is 0. The van der Waals surface area contributed by atoms with Gasteiger partial charge in [0, 0.05) is 0 Å². The first-order valence-corrected chi connectivity index (χ1v) is 16.7. The van der Waals surface area contributed by atoms with E-state index < -0.39 is 0 Å². The number of nitrogens with zero attached hydrogens (tertiary/aromatic N) is 1. The fourth-order valence-corrected chi connectivity index (χ4v) is 10.0. The van der Waals surface area contributed by atoms with Gasteiger partial charge in [-0.15, -0.1) is 0 Å². The Morgan fingerprint density at radius 1 is 0.738 bits per heavy atom. The minimum Gasteiger partial charge on any atom is -0.508 e. The molecule has 2 heterocycles. The van der Waals surface area contributed by atoms with Crippen molar-refractivity contribution in [3.63, 3.8) is 0 Å². The number of hydrogen-bond donors (Lipinski definition) is 3. The molecule has 1 aromatic heterocycles. The monoisotopic (exact) mass is 557 g/mol. The first-order valence-electron chi connectivity index (χ1n) is 16.7. The van der Waals surface area contributed by atoms with Gasteiger partial charge in [0.1, 0.15) is 11.6 Å². The number of nitrogens with one attached hydrogen (secondary N) is 2.